The molecule has 0 fully saturated rings. The smallest absolute Gasteiger partial charge is 0.0714 e. The van der Waals surface area contributed by atoms with Gasteiger partial charge in [-0.05, 0) is 239 Å². The standard InChI is InChI=1S/C118H92N2/c1-7-117(90-64-60-88(61-65-90)115(2,3)4)107-46-21-19-41-104(107)113-109(117)48-26-50-111(113)119(93-68-52-83(53-69-93)100-43-23-32-80-28-11-15-37-97(80)100)96-74-58-86(59-75-96)106-77-79(76-87-31-14-18-40-103(87)106)78-116(5,6)89-62-66-92(67-63-89)118(91-35-9-8-10-36-91)108-47-22-20-42-105(108)114-110(118)49-27-51-112(114)120(94-70-54-84(55-71-94)101-44-24-33-81-29-12-16-38-98(81)101)95-72-56-85(57-73-95)102-45-25-34-82-30-13-17-39-99(82)102/h8-77H,7,78H2,1-6H3. The van der Waals surface area contributed by atoms with Crippen LogP contribution in [-0.4, -0.2) is 0 Å². The van der Waals surface area contributed by atoms with Crippen molar-refractivity contribution in [3.63, 3.8) is 0 Å². The average molecular weight is 1540 g/mol. The summed E-state index contributed by atoms with van der Waals surface area (Å²) in [6, 6.07) is 160. The molecule has 2 unspecified atom stereocenters. The van der Waals surface area contributed by atoms with Crippen LogP contribution in [0.3, 0.4) is 0 Å². The molecule has 2 atom stereocenters. The normalized spacial score (nSPS) is 14.7. The van der Waals surface area contributed by atoms with Gasteiger partial charge in [0.1, 0.15) is 0 Å². The van der Waals surface area contributed by atoms with Crippen molar-refractivity contribution in [3.8, 4) is 66.8 Å². The Kier molecular flexibility index (Phi) is 18.0. The summed E-state index contributed by atoms with van der Waals surface area (Å²) in [6.07, 6.45) is 1.74. The molecule has 0 saturated heterocycles. The topological polar surface area (TPSA) is 6.48 Å². The Morgan fingerprint density at radius 2 is 0.592 bits per heavy atom. The lowest BCUT2D eigenvalue weighted by molar-refractivity contribution is 0.522. The number of rotatable bonds is 17. The highest BCUT2D eigenvalue weighted by Gasteiger charge is 2.49. The Hall–Kier alpha value is -14.2. The van der Waals surface area contributed by atoms with Gasteiger partial charge in [0.05, 0.1) is 16.8 Å². The minimum Gasteiger partial charge on any atom is -0.310 e. The molecule has 0 amide bonds. The average Bonchev–Trinajstić information content (AvgIpc) is 1.51. The fraction of sp³-hybridized carbons (Fsp3) is 0.102. The minimum absolute atomic E-state index is 0.0390. The van der Waals surface area contributed by atoms with Crippen LogP contribution in [-0.2, 0) is 28.1 Å². The van der Waals surface area contributed by atoms with Gasteiger partial charge < -0.3 is 9.80 Å². The second-order valence-electron chi connectivity index (χ2n) is 34.6. The van der Waals surface area contributed by atoms with Crippen molar-refractivity contribution < 1.29 is 0 Å². The number of benzene rings is 19. The summed E-state index contributed by atoms with van der Waals surface area (Å²) >= 11 is 0. The van der Waals surface area contributed by atoms with Crippen molar-refractivity contribution in [2.45, 2.75) is 76.0 Å². The fourth-order valence-corrected chi connectivity index (χ4v) is 20.6. The SMILES string of the molecule is CCC1(c2ccc(C(C)(C)C)cc2)c2ccccc2-c2c(N(c3ccc(-c4cccc5ccccc45)cc3)c3ccc(-c4cc(CC(C)(C)c5ccc(C6(c7ccccc7)c7ccccc7-c7c(N(c8ccc(-c9cccc%10ccccc9%10)cc8)c8ccc(-c9cccc%10ccccc9%10)cc8)cccc76)cc5)cc5ccccc45)cc3)cccc21. The lowest BCUT2D eigenvalue weighted by Gasteiger charge is -2.35. The molecule has 19 aromatic rings. The predicted octanol–water partition coefficient (Wildman–Crippen LogP) is 31.8. The lowest BCUT2D eigenvalue weighted by Crippen LogP contribution is -2.29. The summed E-state index contributed by atoms with van der Waals surface area (Å²) in [6.45, 7) is 14.1. The first kappa shape index (κ1) is 73.4. The summed E-state index contributed by atoms with van der Waals surface area (Å²) in [7, 11) is 0. The second kappa shape index (κ2) is 29.5. The fourth-order valence-electron chi connectivity index (χ4n) is 20.6. The van der Waals surface area contributed by atoms with E-state index in [2.05, 4.69) is 476 Å². The first-order valence-corrected chi connectivity index (χ1v) is 42.5. The number of fused-ring (bicyclic) bond motifs is 10. The highest BCUT2D eigenvalue weighted by molar-refractivity contribution is 6.04. The molecular formula is C118H92N2. The van der Waals surface area contributed by atoms with Crippen molar-refractivity contribution in [1.29, 1.82) is 0 Å². The van der Waals surface area contributed by atoms with Gasteiger partial charge in [-0.3, -0.25) is 0 Å². The van der Waals surface area contributed by atoms with Crippen molar-refractivity contribution >= 4 is 77.2 Å². The van der Waals surface area contributed by atoms with E-state index in [1.54, 1.807) is 0 Å². The Balaban J connectivity index is 0.645. The van der Waals surface area contributed by atoms with E-state index in [1.165, 1.54) is 165 Å². The predicted molar refractivity (Wildman–Crippen MR) is 509 cm³/mol. The zero-order valence-electron chi connectivity index (χ0n) is 68.7. The highest BCUT2D eigenvalue weighted by Crippen LogP contribution is 2.62. The molecule has 0 spiro atoms. The van der Waals surface area contributed by atoms with E-state index in [1.807, 2.05) is 0 Å². The maximum absolute atomic E-state index is 2.52. The van der Waals surface area contributed by atoms with Gasteiger partial charge in [0, 0.05) is 39.3 Å². The van der Waals surface area contributed by atoms with Gasteiger partial charge in [-0.25, -0.2) is 0 Å². The molecule has 2 heteroatoms. The van der Waals surface area contributed by atoms with Crippen LogP contribution in [0.15, 0.2) is 425 Å². The van der Waals surface area contributed by atoms with E-state index in [0.29, 0.717) is 0 Å². The third-order valence-electron chi connectivity index (χ3n) is 26.4. The first-order chi connectivity index (χ1) is 58.8. The molecule has 0 heterocycles. The molecular weight excluding hydrogens is 1450 g/mol. The molecule has 19 aromatic carbocycles. The summed E-state index contributed by atoms with van der Waals surface area (Å²) in [5.41, 5.74) is 33.0. The van der Waals surface area contributed by atoms with Gasteiger partial charge in [0.25, 0.3) is 0 Å². The van der Waals surface area contributed by atoms with Crippen LogP contribution in [0.1, 0.15) is 104 Å². The van der Waals surface area contributed by atoms with Gasteiger partial charge in [0.15, 0.2) is 0 Å². The lowest BCUT2D eigenvalue weighted by atomic mass is 9.67. The molecule has 574 valence electrons. The van der Waals surface area contributed by atoms with Crippen molar-refractivity contribution in [1.82, 2.24) is 0 Å². The molecule has 0 radical (unpaired) electrons. The van der Waals surface area contributed by atoms with Crippen molar-refractivity contribution in [3.05, 3.63) is 480 Å². The van der Waals surface area contributed by atoms with Crippen LogP contribution in [0.2, 0.25) is 0 Å². The van der Waals surface area contributed by atoms with Crippen LogP contribution in [0.4, 0.5) is 34.1 Å². The van der Waals surface area contributed by atoms with Gasteiger partial charge in [-0.15, -0.1) is 0 Å². The number of hydrogen-bond donors (Lipinski definition) is 0. The Labute approximate surface area is 705 Å². The van der Waals surface area contributed by atoms with Crippen LogP contribution in [0.25, 0.3) is 110 Å². The maximum Gasteiger partial charge on any atom is 0.0714 e. The quantitative estimate of drug-likeness (QED) is 0.0896. The summed E-state index contributed by atoms with van der Waals surface area (Å²) < 4.78 is 0. The van der Waals surface area contributed by atoms with Gasteiger partial charge in [-0.2, -0.15) is 0 Å². The molecule has 0 saturated carbocycles. The molecule has 0 N–H and O–H groups in total. The van der Waals surface area contributed by atoms with Gasteiger partial charge in [0.2, 0.25) is 0 Å². The number of hydrogen-bond acceptors (Lipinski definition) is 2. The van der Waals surface area contributed by atoms with E-state index >= 15 is 0 Å². The van der Waals surface area contributed by atoms with E-state index in [0.717, 1.165) is 47.0 Å². The summed E-state index contributed by atoms with van der Waals surface area (Å²) in [5.74, 6) is 0. The summed E-state index contributed by atoms with van der Waals surface area (Å²) in [5, 5.41) is 9.91. The van der Waals surface area contributed by atoms with E-state index in [9.17, 15) is 0 Å². The third kappa shape index (κ3) is 12.2. The van der Waals surface area contributed by atoms with Gasteiger partial charge in [-0.1, -0.05) is 406 Å². The molecule has 2 aliphatic rings. The molecule has 2 nitrogen and oxygen atoms in total. The molecule has 21 rings (SSSR count). The van der Waals surface area contributed by atoms with Crippen molar-refractivity contribution in [2.24, 2.45) is 0 Å². The van der Waals surface area contributed by atoms with E-state index in [4.69, 9.17) is 0 Å². The van der Waals surface area contributed by atoms with Crippen LogP contribution < -0.4 is 9.80 Å². The number of nitrogens with zero attached hydrogens (tertiary/aromatic N) is 2. The molecule has 2 aliphatic carbocycles. The van der Waals surface area contributed by atoms with Crippen LogP contribution >= 0.6 is 0 Å². The highest BCUT2D eigenvalue weighted by atomic mass is 15.2. The largest absolute Gasteiger partial charge is 0.310 e. The van der Waals surface area contributed by atoms with Crippen LogP contribution in [0.5, 0.6) is 0 Å². The third-order valence-corrected chi connectivity index (χ3v) is 26.4. The Morgan fingerprint density at radius 3 is 1.07 bits per heavy atom. The van der Waals surface area contributed by atoms with E-state index < -0.39 is 5.41 Å². The maximum atomic E-state index is 2.52. The minimum atomic E-state index is -0.663. The van der Waals surface area contributed by atoms with E-state index in [-0.39, 0.29) is 16.2 Å². The molecule has 0 aromatic heterocycles. The molecule has 120 heavy (non-hydrogen) atoms. The number of anilines is 6. The molecule has 0 bridgehead atoms. The first-order valence-electron chi connectivity index (χ1n) is 42.5. The van der Waals surface area contributed by atoms with Crippen molar-refractivity contribution in [2.75, 3.05) is 9.80 Å². The van der Waals surface area contributed by atoms with Crippen LogP contribution in [0, 0.1) is 0 Å². The molecule has 0 aliphatic heterocycles. The Bertz CT molecular complexity index is 6990. The summed E-state index contributed by atoms with van der Waals surface area (Å²) in [4.78, 5) is 5.01. The monoisotopic (exact) mass is 1540 g/mol. The zero-order chi connectivity index (χ0) is 80.9. The Morgan fingerprint density at radius 1 is 0.250 bits per heavy atom. The van der Waals surface area contributed by atoms with Gasteiger partial charge >= 0.3 is 0 Å². The second-order valence-corrected chi connectivity index (χ2v) is 34.6. The zero-order valence-corrected chi connectivity index (χ0v) is 68.7.